The molecule has 0 aliphatic heterocycles. The van der Waals surface area contributed by atoms with E-state index in [1.54, 1.807) is 18.2 Å². The molecule has 7 nitrogen and oxygen atoms in total. The first-order valence-corrected chi connectivity index (χ1v) is 10.3. The number of hydrogen-bond donors (Lipinski definition) is 1. The number of ether oxygens (including phenoxy) is 1. The Kier molecular flexibility index (Phi) is 6.74. The maximum Gasteiger partial charge on any atom is 0.277 e. The molecule has 1 N–H and O–H groups in total. The van der Waals surface area contributed by atoms with Crippen molar-refractivity contribution in [1.82, 2.24) is 19.6 Å². The van der Waals surface area contributed by atoms with Gasteiger partial charge in [-0.15, -0.1) is 0 Å². The quantitative estimate of drug-likeness (QED) is 0.213. The Hall–Kier alpha value is -3.93. The Labute approximate surface area is 199 Å². The van der Waals surface area contributed by atoms with Crippen LogP contribution in [0.25, 0.3) is 0 Å². The number of carbonyl (C=O) groups is 1. The molecule has 0 unspecified atom stereocenters. The van der Waals surface area contributed by atoms with Gasteiger partial charge in [-0.05, 0) is 36.8 Å². The van der Waals surface area contributed by atoms with Crippen LogP contribution in [0.3, 0.4) is 0 Å². The van der Waals surface area contributed by atoms with Crippen LogP contribution in [0.15, 0.2) is 42.7 Å². The van der Waals surface area contributed by atoms with Gasteiger partial charge in [0.2, 0.25) is 5.82 Å². The van der Waals surface area contributed by atoms with Gasteiger partial charge in [-0.25, -0.2) is 26.6 Å². The normalized spacial score (nSPS) is 11.1. The number of amides is 1. The molecule has 2 heterocycles. The third kappa shape index (κ3) is 5.11. The van der Waals surface area contributed by atoms with Gasteiger partial charge in [-0.2, -0.15) is 10.2 Å². The van der Waals surface area contributed by atoms with Crippen LogP contribution in [0, 0.1) is 36.0 Å². The fraction of sp³-hybridized carbons (Fsp3) is 0.136. The Balaban J connectivity index is 1.39. The number of carbonyl (C=O) groups excluding carboxylic acids is 1. The maximum atomic E-state index is 13.9. The van der Waals surface area contributed by atoms with E-state index in [1.165, 1.54) is 29.2 Å². The highest BCUT2D eigenvalue weighted by atomic mass is 35.5. The molecule has 4 rings (SSSR count). The molecule has 35 heavy (non-hydrogen) atoms. The second-order valence-electron chi connectivity index (χ2n) is 7.33. The van der Waals surface area contributed by atoms with E-state index in [2.05, 4.69) is 15.5 Å². The van der Waals surface area contributed by atoms with Crippen LogP contribution >= 0.6 is 11.6 Å². The molecule has 0 spiro atoms. The van der Waals surface area contributed by atoms with Crippen molar-refractivity contribution in [3.8, 4) is 5.75 Å². The number of rotatable bonds is 7. The van der Waals surface area contributed by atoms with E-state index < -0.39 is 47.1 Å². The summed E-state index contributed by atoms with van der Waals surface area (Å²) >= 11 is 5.98. The number of nitrogens with one attached hydrogen (secondary N) is 1. The molecule has 0 atom stereocenters. The van der Waals surface area contributed by atoms with Gasteiger partial charge in [0.05, 0.1) is 12.1 Å². The van der Waals surface area contributed by atoms with E-state index in [4.69, 9.17) is 16.3 Å². The lowest BCUT2D eigenvalue weighted by molar-refractivity contribution is 0.101. The fourth-order valence-electron chi connectivity index (χ4n) is 3.05. The first-order valence-electron chi connectivity index (χ1n) is 9.91. The highest BCUT2D eigenvalue weighted by Crippen LogP contribution is 2.24. The van der Waals surface area contributed by atoms with Gasteiger partial charge in [-0.3, -0.25) is 9.48 Å². The van der Waals surface area contributed by atoms with E-state index in [-0.39, 0.29) is 18.2 Å². The summed E-state index contributed by atoms with van der Waals surface area (Å²) in [5.41, 5.74) is -0.198. The molecule has 0 saturated carbocycles. The molecule has 0 aliphatic rings. The van der Waals surface area contributed by atoms with E-state index in [9.17, 15) is 26.7 Å². The fourth-order valence-corrected chi connectivity index (χ4v) is 3.17. The number of hydrogen-bond acceptors (Lipinski definition) is 4. The van der Waals surface area contributed by atoms with E-state index in [0.717, 1.165) is 10.2 Å². The lowest BCUT2D eigenvalue weighted by atomic mass is 10.1. The highest BCUT2D eigenvalue weighted by Gasteiger charge is 2.26. The third-order valence-corrected chi connectivity index (χ3v) is 5.29. The van der Waals surface area contributed by atoms with Gasteiger partial charge in [0.25, 0.3) is 5.91 Å². The van der Waals surface area contributed by atoms with Gasteiger partial charge in [0, 0.05) is 23.5 Å². The first-order chi connectivity index (χ1) is 16.6. The average molecular weight is 512 g/mol. The monoisotopic (exact) mass is 511 g/mol. The van der Waals surface area contributed by atoms with Crippen LogP contribution in [0.4, 0.5) is 27.8 Å². The van der Waals surface area contributed by atoms with Crippen molar-refractivity contribution in [2.24, 2.45) is 0 Å². The van der Waals surface area contributed by atoms with Crippen molar-refractivity contribution in [2.45, 2.75) is 20.2 Å². The predicted molar refractivity (Wildman–Crippen MR) is 115 cm³/mol. The zero-order valence-corrected chi connectivity index (χ0v) is 18.6. The Bertz CT molecular complexity index is 1390. The van der Waals surface area contributed by atoms with Crippen molar-refractivity contribution in [3.63, 3.8) is 0 Å². The van der Waals surface area contributed by atoms with Crippen molar-refractivity contribution in [3.05, 3.63) is 93.7 Å². The molecule has 0 bridgehead atoms. The van der Waals surface area contributed by atoms with E-state index in [0.29, 0.717) is 10.8 Å². The molecular weight excluding hydrogens is 497 g/mol. The Morgan fingerprint density at radius 2 is 1.60 bits per heavy atom. The summed E-state index contributed by atoms with van der Waals surface area (Å²) in [6.45, 7) is 1.10. The SMILES string of the molecule is Cc1cc(OCn2ccc(C(=O)Nc3ccn(Cc4c(F)c(F)c(F)c(F)c4F)n3)n2)ccc1Cl. The number of aryl methyl sites for hydroxylation is 1. The predicted octanol–water partition coefficient (Wildman–Crippen LogP) is 5.07. The van der Waals surface area contributed by atoms with Crippen LogP contribution in [0.2, 0.25) is 5.02 Å². The summed E-state index contributed by atoms with van der Waals surface area (Å²) in [5.74, 6) is -10.4. The third-order valence-electron chi connectivity index (χ3n) is 4.87. The summed E-state index contributed by atoms with van der Waals surface area (Å²) in [5, 5.41) is 11.0. The average Bonchev–Trinajstić information content (AvgIpc) is 3.49. The lowest BCUT2D eigenvalue weighted by Gasteiger charge is -2.08. The molecule has 0 fully saturated rings. The van der Waals surface area contributed by atoms with Crippen molar-refractivity contribution >= 4 is 23.3 Å². The van der Waals surface area contributed by atoms with Crippen molar-refractivity contribution < 1.29 is 31.5 Å². The van der Waals surface area contributed by atoms with E-state index >= 15 is 0 Å². The lowest BCUT2D eigenvalue weighted by Crippen LogP contribution is -2.15. The summed E-state index contributed by atoms with van der Waals surface area (Å²) in [6, 6.07) is 7.85. The molecule has 0 aliphatic carbocycles. The molecule has 0 radical (unpaired) electrons. The standard InChI is InChI=1S/C22H15ClF5N5O2/c1-11-8-12(2-3-14(11)23)35-10-33-6-4-15(30-33)22(34)29-16-5-7-32(31-16)9-13-17(24)19(26)21(28)20(27)18(13)25/h2-8H,9-10H2,1H3,(H,29,31,34). The molecule has 2 aromatic carbocycles. The van der Waals surface area contributed by atoms with Crippen LogP contribution in [-0.4, -0.2) is 25.5 Å². The van der Waals surface area contributed by atoms with Crippen LogP contribution in [0.5, 0.6) is 5.75 Å². The summed E-state index contributed by atoms with van der Waals surface area (Å²) < 4.78 is 75.6. The molecular formula is C22H15ClF5N5O2. The second kappa shape index (κ2) is 9.74. The van der Waals surface area contributed by atoms with Crippen LogP contribution < -0.4 is 10.1 Å². The topological polar surface area (TPSA) is 74.0 Å². The van der Waals surface area contributed by atoms with Crippen molar-refractivity contribution in [1.29, 1.82) is 0 Å². The number of halogens is 6. The minimum atomic E-state index is -2.25. The van der Waals surface area contributed by atoms with Gasteiger partial charge < -0.3 is 10.1 Å². The minimum Gasteiger partial charge on any atom is -0.471 e. The van der Waals surface area contributed by atoms with Crippen molar-refractivity contribution in [2.75, 3.05) is 5.32 Å². The number of nitrogens with zero attached hydrogens (tertiary/aromatic N) is 4. The van der Waals surface area contributed by atoms with Gasteiger partial charge in [0.1, 0.15) is 5.75 Å². The van der Waals surface area contributed by atoms with Gasteiger partial charge >= 0.3 is 0 Å². The smallest absolute Gasteiger partial charge is 0.277 e. The summed E-state index contributed by atoms with van der Waals surface area (Å²) in [4.78, 5) is 12.4. The summed E-state index contributed by atoms with van der Waals surface area (Å²) in [6.07, 6.45) is 2.72. The number of aromatic nitrogens is 4. The van der Waals surface area contributed by atoms with E-state index in [1.807, 2.05) is 6.92 Å². The zero-order chi connectivity index (χ0) is 25.3. The first kappa shape index (κ1) is 24.2. The van der Waals surface area contributed by atoms with Crippen LogP contribution in [0.1, 0.15) is 21.6 Å². The Morgan fingerprint density at radius 3 is 2.29 bits per heavy atom. The summed E-state index contributed by atoms with van der Waals surface area (Å²) in [7, 11) is 0. The highest BCUT2D eigenvalue weighted by molar-refractivity contribution is 6.31. The maximum absolute atomic E-state index is 13.9. The minimum absolute atomic E-state index is 0.0187. The number of benzene rings is 2. The van der Waals surface area contributed by atoms with Gasteiger partial charge in [0.15, 0.2) is 41.5 Å². The Morgan fingerprint density at radius 1 is 0.943 bits per heavy atom. The largest absolute Gasteiger partial charge is 0.471 e. The molecule has 13 heteroatoms. The molecule has 2 aromatic heterocycles. The number of anilines is 1. The molecule has 4 aromatic rings. The second-order valence-corrected chi connectivity index (χ2v) is 7.73. The molecule has 0 saturated heterocycles. The van der Waals surface area contributed by atoms with Gasteiger partial charge in [-0.1, -0.05) is 11.6 Å². The van der Waals surface area contributed by atoms with Crippen LogP contribution in [-0.2, 0) is 13.3 Å². The zero-order valence-electron chi connectivity index (χ0n) is 17.8. The molecule has 182 valence electrons. The molecule has 1 amide bonds.